The van der Waals surface area contributed by atoms with Crippen LogP contribution in [0, 0.1) is 13.8 Å². The van der Waals surface area contributed by atoms with Gasteiger partial charge in [0.1, 0.15) is 0 Å². The molecule has 2 aromatic rings. The molecule has 4 nitrogen and oxygen atoms in total. The Morgan fingerprint density at radius 1 is 1.04 bits per heavy atom. The molecule has 1 heterocycles. The zero-order valence-electron chi connectivity index (χ0n) is 15.7. The van der Waals surface area contributed by atoms with Gasteiger partial charge in [0.05, 0.1) is 4.90 Å². The second-order valence-corrected chi connectivity index (χ2v) is 8.90. The molecular formula is C21H28N2O2S. The van der Waals surface area contributed by atoms with Crippen molar-refractivity contribution in [1.29, 1.82) is 0 Å². The number of hydrogen-bond donors (Lipinski definition) is 1. The Balaban J connectivity index is 1.43. The summed E-state index contributed by atoms with van der Waals surface area (Å²) in [5, 5.41) is 0. The van der Waals surface area contributed by atoms with Crippen LogP contribution in [0.5, 0.6) is 0 Å². The van der Waals surface area contributed by atoms with Crippen molar-refractivity contribution in [1.82, 2.24) is 9.62 Å². The van der Waals surface area contributed by atoms with E-state index in [9.17, 15) is 8.42 Å². The first-order valence-electron chi connectivity index (χ1n) is 9.32. The molecule has 1 aliphatic heterocycles. The van der Waals surface area contributed by atoms with Crippen LogP contribution in [0.25, 0.3) is 0 Å². The Morgan fingerprint density at radius 2 is 1.81 bits per heavy atom. The lowest BCUT2D eigenvalue weighted by Crippen LogP contribution is -2.32. The predicted molar refractivity (Wildman–Crippen MR) is 106 cm³/mol. The topological polar surface area (TPSA) is 49.4 Å². The van der Waals surface area contributed by atoms with Gasteiger partial charge in [-0.3, -0.25) is 4.90 Å². The summed E-state index contributed by atoms with van der Waals surface area (Å²) in [5.41, 5.74) is 4.76. The summed E-state index contributed by atoms with van der Waals surface area (Å²) < 4.78 is 27.6. The van der Waals surface area contributed by atoms with Gasteiger partial charge in [-0.2, -0.15) is 0 Å². The van der Waals surface area contributed by atoms with Crippen molar-refractivity contribution in [3.8, 4) is 0 Å². The van der Waals surface area contributed by atoms with Crippen molar-refractivity contribution < 1.29 is 8.42 Å². The molecule has 0 bridgehead atoms. The fourth-order valence-corrected chi connectivity index (χ4v) is 4.89. The molecular weight excluding hydrogens is 344 g/mol. The van der Waals surface area contributed by atoms with E-state index in [4.69, 9.17) is 0 Å². The molecule has 0 atom stereocenters. The molecule has 0 aliphatic carbocycles. The van der Waals surface area contributed by atoms with E-state index in [0.717, 1.165) is 50.0 Å². The molecule has 1 N–H and O–H groups in total. The molecule has 0 saturated heterocycles. The maximum atomic E-state index is 12.4. The second-order valence-electron chi connectivity index (χ2n) is 7.17. The molecule has 0 spiro atoms. The van der Waals surface area contributed by atoms with Crippen molar-refractivity contribution in [3.05, 3.63) is 64.7 Å². The van der Waals surface area contributed by atoms with Gasteiger partial charge < -0.3 is 0 Å². The molecule has 5 heteroatoms. The minimum absolute atomic E-state index is 0.385. The fourth-order valence-electron chi connectivity index (χ4n) is 3.59. The third-order valence-corrected chi connectivity index (χ3v) is 6.64. The van der Waals surface area contributed by atoms with Crippen LogP contribution in [0.15, 0.2) is 47.4 Å². The largest absolute Gasteiger partial charge is 0.299 e. The number of nitrogens with one attached hydrogen (secondary N) is 1. The number of fused-ring (bicyclic) bond motifs is 1. The summed E-state index contributed by atoms with van der Waals surface area (Å²) in [6.45, 7) is 7.40. The van der Waals surface area contributed by atoms with E-state index >= 15 is 0 Å². The minimum Gasteiger partial charge on any atom is -0.299 e. The summed E-state index contributed by atoms with van der Waals surface area (Å²) in [4.78, 5) is 2.84. The van der Waals surface area contributed by atoms with E-state index in [1.165, 1.54) is 11.1 Å². The first-order chi connectivity index (χ1) is 12.5. The van der Waals surface area contributed by atoms with Crippen LogP contribution >= 0.6 is 0 Å². The number of benzene rings is 2. The highest BCUT2D eigenvalue weighted by Crippen LogP contribution is 2.19. The van der Waals surface area contributed by atoms with Crippen molar-refractivity contribution in [2.24, 2.45) is 0 Å². The molecule has 140 valence electrons. The average molecular weight is 373 g/mol. The van der Waals surface area contributed by atoms with Gasteiger partial charge in [-0.25, -0.2) is 13.1 Å². The SMILES string of the molecule is Cc1ccc(S(=O)(=O)NCCCCN2CCc3ccccc3C2)c(C)c1. The van der Waals surface area contributed by atoms with Gasteiger partial charge >= 0.3 is 0 Å². The monoisotopic (exact) mass is 372 g/mol. The Hall–Kier alpha value is -1.69. The zero-order valence-corrected chi connectivity index (χ0v) is 16.5. The standard InChI is InChI=1S/C21H28N2O2S/c1-17-9-10-21(18(2)15-17)26(24,25)22-12-5-6-13-23-14-11-19-7-3-4-8-20(19)16-23/h3-4,7-10,15,22H,5-6,11-14,16H2,1-2H3. The van der Waals surface area contributed by atoms with Crippen LogP contribution in [0.2, 0.25) is 0 Å². The maximum absolute atomic E-state index is 12.4. The summed E-state index contributed by atoms with van der Waals surface area (Å²) in [7, 11) is -3.42. The molecule has 0 fully saturated rings. The van der Waals surface area contributed by atoms with Crippen molar-refractivity contribution in [2.45, 2.75) is 44.6 Å². The third-order valence-electron chi connectivity index (χ3n) is 5.02. The Labute approximate surface area is 157 Å². The lowest BCUT2D eigenvalue weighted by atomic mass is 10.00. The number of hydrogen-bond acceptors (Lipinski definition) is 3. The number of unbranched alkanes of at least 4 members (excludes halogenated alkanes) is 1. The van der Waals surface area contributed by atoms with Gasteiger partial charge in [-0.1, -0.05) is 42.0 Å². The lowest BCUT2D eigenvalue weighted by Gasteiger charge is -2.28. The zero-order chi connectivity index (χ0) is 18.6. The van der Waals surface area contributed by atoms with E-state index in [1.54, 1.807) is 6.07 Å². The molecule has 0 radical (unpaired) electrons. The highest BCUT2D eigenvalue weighted by molar-refractivity contribution is 7.89. The summed E-state index contributed by atoms with van der Waals surface area (Å²) in [5.74, 6) is 0. The molecule has 2 aromatic carbocycles. The highest BCUT2D eigenvalue weighted by Gasteiger charge is 2.17. The van der Waals surface area contributed by atoms with Crippen LogP contribution in [0.4, 0.5) is 0 Å². The highest BCUT2D eigenvalue weighted by atomic mass is 32.2. The maximum Gasteiger partial charge on any atom is 0.240 e. The lowest BCUT2D eigenvalue weighted by molar-refractivity contribution is 0.249. The number of nitrogens with zero attached hydrogens (tertiary/aromatic N) is 1. The first kappa shape index (κ1) is 19.1. The van der Waals surface area contributed by atoms with Gasteiger partial charge in [-0.15, -0.1) is 0 Å². The van der Waals surface area contributed by atoms with Crippen molar-refractivity contribution >= 4 is 10.0 Å². The first-order valence-corrected chi connectivity index (χ1v) is 10.8. The van der Waals surface area contributed by atoms with Gasteiger partial charge in [0.15, 0.2) is 0 Å². The van der Waals surface area contributed by atoms with Gasteiger partial charge in [0.25, 0.3) is 0 Å². The van der Waals surface area contributed by atoms with E-state index in [2.05, 4.69) is 33.9 Å². The van der Waals surface area contributed by atoms with E-state index in [-0.39, 0.29) is 0 Å². The summed E-state index contributed by atoms with van der Waals surface area (Å²) >= 11 is 0. The predicted octanol–water partition coefficient (Wildman–Crippen LogP) is 3.42. The van der Waals surface area contributed by atoms with E-state index < -0.39 is 10.0 Å². The normalized spacial score (nSPS) is 15.0. The Bertz CT molecular complexity index is 862. The number of rotatable bonds is 7. The van der Waals surface area contributed by atoms with Gasteiger partial charge in [0.2, 0.25) is 10.0 Å². The van der Waals surface area contributed by atoms with Crippen LogP contribution in [-0.2, 0) is 23.0 Å². The average Bonchev–Trinajstić information content (AvgIpc) is 2.61. The van der Waals surface area contributed by atoms with Crippen molar-refractivity contribution in [2.75, 3.05) is 19.6 Å². The van der Waals surface area contributed by atoms with Crippen LogP contribution in [-0.4, -0.2) is 33.0 Å². The molecule has 0 saturated carbocycles. The molecule has 0 unspecified atom stereocenters. The molecule has 1 aliphatic rings. The molecule has 26 heavy (non-hydrogen) atoms. The van der Waals surface area contributed by atoms with Crippen LogP contribution in [0.3, 0.4) is 0 Å². The number of sulfonamides is 1. The van der Waals surface area contributed by atoms with Crippen molar-refractivity contribution in [3.63, 3.8) is 0 Å². The molecule has 0 amide bonds. The third kappa shape index (κ3) is 4.72. The van der Waals surface area contributed by atoms with Gasteiger partial charge in [0, 0.05) is 19.6 Å². The molecule has 3 rings (SSSR count). The van der Waals surface area contributed by atoms with E-state index in [1.807, 2.05) is 26.0 Å². The Kier molecular flexibility index (Phi) is 6.12. The second kappa shape index (κ2) is 8.33. The van der Waals surface area contributed by atoms with E-state index in [0.29, 0.717) is 11.4 Å². The van der Waals surface area contributed by atoms with Gasteiger partial charge in [-0.05, 0) is 62.4 Å². The Morgan fingerprint density at radius 3 is 2.58 bits per heavy atom. The number of aryl methyl sites for hydroxylation is 2. The van der Waals surface area contributed by atoms with Crippen LogP contribution < -0.4 is 4.72 Å². The fraction of sp³-hybridized carbons (Fsp3) is 0.429. The van der Waals surface area contributed by atoms with Crippen LogP contribution in [0.1, 0.15) is 35.1 Å². The molecule has 0 aromatic heterocycles. The smallest absolute Gasteiger partial charge is 0.240 e. The minimum atomic E-state index is -3.42. The quantitative estimate of drug-likeness (QED) is 0.758. The summed E-state index contributed by atoms with van der Waals surface area (Å²) in [6.07, 6.45) is 2.95. The summed E-state index contributed by atoms with van der Waals surface area (Å²) in [6, 6.07) is 14.1.